The summed E-state index contributed by atoms with van der Waals surface area (Å²) in [5.74, 6) is -0.0196. The summed E-state index contributed by atoms with van der Waals surface area (Å²) in [6.07, 6.45) is 6.51. The molecule has 1 unspecified atom stereocenters. The molecule has 22 heavy (non-hydrogen) atoms. The number of hydrogen-bond donors (Lipinski definition) is 1. The Morgan fingerprint density at radius 1 is 1.41 bits per heavy atom. The molecule has 0 spiro atoms. The lowest BCUT2D eigenvalue weighted by Gasteiger charge is -2.29. The maximum Gasteiger partial charge on any atom is 0.222 e. The lowest BCUT2D eigenvalue weighted by atomic mass is 10.1. The van der Waals surface area contributed by atoms with Gasteiger partial charge in [0.1, 0.15) is 5.82 Å². The first-order valence-corrected chi connectivity index (χ1v) is 8.36. The topological polar surface area (TPSA) is 46.3 Å². The molecule has 1 saturated carbocycles. The summed E-state index contributed by atoms with van der Waals surface area (Å²) in [7, 11) is 0. The van der Waals surface area contributed by atoms with Gasteiger partial charge in [0.2, 0.25) is 5.91 Å². The van der Waals surface area contributed by atoms with E-state index in [1.807, 2.05) is 17.9 Å². The molecule has 0 radical (unpaired) electrons. The lowest BCUT2D eigenvalue weighted by molar-refractivity contribution is -0.133. The van der Waals surface area contributed by atoms with Crippen LogP contribution in [0.3, 0.4) is 0 Å². The van der Waals surface area contributed by atoms with Crippen molar-refractivity contribution in [2.75, 3.05) is 6.54 Å². The Morgan fingerprint density at radius 2 is 2.14 bits per heavy atom. The number of rotatable bonds is 7. The van der Waals surface area contributed by atoms with Gasteiger partial charge in [-0.1, -0.05) is 25.0 Å². The average molecular weight is 306 g/mol. The van der Waals surface area contributed by atoms with Gasteiger partial charge in [-0.15, -0.1) is 0 Å². The van der Waals surface area contributed by atoms with Crippen molar-refractivity contribution in [3.05, 3.63) is 35.6 Å². The van der Waals surface area contributed by atoms with Gasteiger partial charge in [-0.2, -0.15) is 0 Å². The standard InChI is InChI=1S/C18H27FN2O/c1-14(20)9-10-18(22)21(17-7-2-3-8-17)12-11-15-5-4-6-16(19)13-15/h4-6,13-14,17H,2-3,7-12,20H2,1H3. The zero-order valence-electron chi connectivity index (χ0n) is 13.4. The maximum atomic E-state index is 13.3. The molecule has 0 saturated heterocycles. The van der Waals surface area contributed by atoms with Crippen molar-refractivity contribution in [1.29, 1.82) is 0 Å². The van der Waals surface area contributed by atoms with Gasteiger partial charge in [0.25, 0.3) is 0 Å². The van der Waals surface area contributed by atoms with Crippen LogP contribution in [0.15, 0.2) is 24.3 Å². The van der Waals surface area contributed by atoms with E-state index < -0.39 is 0 Å². The normalized spacial score (nSPS) is 16.7. The molecule has 0 aromatic heterocycles. The highest BCUT2D eigenvalue weighted by atomic mass is 19.1. The Morgan fingerprint density at radius 3 is 2.77 bits per heavy atom. The van der Waals surface area contributed by atoms with Gasteiger partial charge in [-0.3, -0.25) is 4.79 Å². The molecule has 1 fully saturated rings. The van der Waals surface area contributed by atoms with Crippen LogP contribution in [0.5, 0.6) is 0 Å². The molecule has 2 N–H and O–H groups in total. The number of hydrogen-bond acceptors (Lipinski definition) is 2. The highest BCUT2D eigenvalue weighted by molar-refractivity contribution is 5.76. The molecule has 1 aromatic carbocycles. The van der Waals surface area contributed by atoms with Crippen molar-refractivity contribution in [1.82, 2.24) is 4.90 Å². The van der Waals surface area contributed by atoms with Crippen LogP contribution in [0, 0.1) is 5.82 Å². The van der Waals surface area contributed by atoms with Crippen LogP contribution >= 0.6 is 0 Å². The second-order valence-electron chi connectivity index (χ2n) is 6.42. The number of halogens is 1. The van der Waals surface area contributed by atoms with E-state index in [0.717, 1.165) is 24.8 Å². The Bertz CT molecular complexity index is 484. The SMILES string of the molecule is CC(N)CCC(=O)N(CCc1cccc(F)c1)C1CCCC1. The van der Waals surface area contributed by atoms with Crippen LogP contribution in [0.2, 0.25) is 0 Å². The first kappa shape index (κ1) is 16.9. The van der Waals surface area contributed by atoms with Crippen molar-refractivity contribution < 1.29 is 9.18 Å². The highest BCUT2D eigenvalue weighted by Crippen LogP contribution is 2.24. The Hall–Kier alpha value is -1.42. The molecule has 1 aliphatic carbocycles. The van der Waals surface area contributed by atoms with Gasteiger partial charge in [0, 0.05) is 25.0 Å². The van der Waals surface area contributed by atoms with Crippen LogP contribution in [0.4, 0.5) is 4.39 Å². The molecular weight excluding hydrogens is 279 g/mol. The summed E-state index contributed by atoms with van der Waals surface area (Å²) in [5, 5.41) is 0. The van der Waals surface area contributed by atoms with Crippen LogP contribution in [0.25, 0.3) is 0 Å². The molecule has 3 nitrogen and oxygen atoms in total. The number of nitrogens with two attached hydrogens (primary N) is 1. The first-order valence-electron chi connectivity index (χ1n) is 8.36. The molecule has 1 amide bonds. The highest BCUT2D eigenvalue weighted by Gasteiger charge is 2.26. The van der Waals surface area contributed by atoms with E-state index in [1.54, 1.807) is 12.1 Å². The molecule has 0 aliphatic heterocycles. The molecule has 1 atom stereocenters. The Balaban J connectivity index is 1.96. The van der Waals surface area contributed by atoms with Gasteiger partial charge in [-0.05, 0) is 50.3 Å². The fraction of sp³-hybridized carbons (Fsp3) is 0.611. The van der Waals surface area contributed by atoms with Gasteiger partial charge in [0.15, 0.2) is 0 Å². The van der Waals surface area contributed by atoms with Crippen molar-refractivity contribution in [2.24, 2.45) is 5.73 Å². The zero-order valence-corrected chi connectivity index (χ0v) is 13.4. The first-order chi connectivity index (χ1) is 10.6. The smallest absolute Gasteiger partial charge is 0.222 e. The van der Waals surface area contributed by atoms with Crippen LogP contribution in [0.1, 0.15) is 51.0 Å². The minimum absolute atomic E-state index is 0.0533. The maximum absolute atomic E-state index is 13.3. The second kappa shape index (κ2) is 8.28. The van der Waals surface area contributed by atoms with Crippen LogP contribution < -0.4 is 5.73 Å². The van der Waals surface area contributed by atoms with E-state index in [9.17, 15) is 9.18 Å². The van der Waals surface area contributed by atoms with Gasteiger partial charge in [-0.25, -0.2) is 4.39 Å². The van der Waals surface area contributed by atoms with Crippen molar-refractivity contribution in [3.63, 3.8) is 0 Å². The predicted molar refractivity (Wildman–Crippen MR) is 87.0 cm³/mol. The van der Waals surface area contributed by atoms with E-state index in [1.165, 1.54) is 18.9 Å². The predicted octanol–water partition coefficient (Wildman–Crippen LogP) is 3.27. The molecule has 4 heteroatoms. The monoisotopic (exact) mass is 306 g/mol. The fourth-order valence-corrected chi connectivity index (χ4v) is 3.16. The van der Waals surface area contributed by atoms with Crippen molar-refractivity contribution in [2.45, 2.75) is 64.0 Å². The number of carbonyl (C=O) groups is 1. The third kappa shape index (κ3) is 5.09. The third-order valence-corrected chi connectivity index (χ3v) is 4.43. The summed E-state index contributed by atoms with van der Waals surface area (Å²) >= 11 is 0. The summed E-state index contributed by atoms with van der Waals surface area (Å²) in [4.78, 5) is 14.5. The summed E-state index contributed by atoms with van der Waals surface area (Å²) in [6, 6.07) is 7.06. The van der Waals surface area contributed by atoms with Crippen LogP contribution in [-0.2, 0) is 11.2 Å². The largest absolute Gasteiger partial charge is 0.339 e. The minimum Gasteiger partial charge on any atom is -0.339 e. The molecular formula is C18H27FN2O. The Labute approximate surface area is 132 Å². The molecule has 1 aliphatic rings. The summed E-state index contributed by atoms with van der Waals surface area (Å²) in [6.45, 7) is 2.60. The summed E-state index contributed by atoms with van der Waals surface area (Å²) in [5.41, 5.74) is 6.71. The van der Waals surface area contributed by atoms with E-state index in [4.69, 9.17) is 5.73 Å². The number of nitrogens with zero attached hydrogens (tertiary/aromatic N) is 1. The van der Waals surface area contributed by atoms with Gasteiger partial charge in [0.05, 0.1) is 0 Å². The molecule has 1 aromatic rings. The van der Waals surface area contributed by atoms with E-state index in [0.29, 0.717) is 25.4 Å². The van der Waals surface area contributed by atoms with Gasteiger partial charge < -0.3 is 10.6 Å². The molecule has 122 valence electrons. The van der Waals surface area contributed by atoms with E-state index in [-0.39, 0.29) is 17.8 Å². The van der Waals surface area contributed by atoms with Crippen molar-refractivity contribution >= 4 is 5.91 Å². The molecule has 2 rings (SSSR count). The third-order valence-electron chi connectivity index (χ3n) is 4.43. The number of amides is 1. The minimum atomic E-state index is -0.215. The average Bonchev–Trinajstić information content (AvgIpc) is 2.99. The molecule has 0 bridgehead atoms. The van der Waals surface area contributed by atoms with Crippen LogP contribution in [-0.4, -0.2) is 29.4 Å². The van der Waals surface area contributed by atoms with E-state index in [2.05, 4.69) is 0 Å². The number of carbonyl (C=O) groups excluding carboxylic acids is 1. The van der Waals surface area contributed by atoms with Gasteiger partial charge >= 0.3 is 0 Å². The fourth-order valence-electron chi connectivity index (χ4n) is 3.16. The summed E-state index contributed by atoms with van der Waals surface area (Å²) < 4.78 is 13.3. The number of benzene rings is 1. The quantitative estimate of drug-likeness (QED) is 0.840. The van der Waals surface area contributed by atoms with Crippen molar-refractivity contribution in [3.8, 4) is 0 Å². The molecule has 0 heterocycles. The zero-order chi connectivity index (χ0) is 15.9. The van der Waals surface area contributed by atoms with E-state index >= 15 is 0 Å². The second-order valence-corrected chi connectivity index (χ2v) is 6.42. The Kier molecular flexibility index (Phi) is 6.37. The lowest BCUT2D eigenvalue weighted by Crippen LogP contribution is -2.40.